The number of nitrogens with zero attached hydrogens (tertiary/aromatic N) is 5. The van der Waals surface area contributed by atoms with Gasteiger partial charge in [-0.05, 0) is 36.9 Å². The van der Waals surface area contributed by atoms with Gasteiger partial charge in [-0.25, -0.2) is 4.39 Å². The first kappa shape index (κ1) is 20.7. The Morgan fingerprint density at radius 3 is 2.66 bits per heavy atom. The highest BCUT2D eigenvalue weighted by molar-refractivity contribution is 5.94. The predicted molar refractivity (Wildman–Crippen MR) is 110 cm³/mol. The Kier molecular flexibility index (Phi) is 7.14. The molecular formula is C22H26FN5O. The SMILES string of the molecule is CCN1CCN(c2ccc(C(=O)N(CCC#N)Cc3ccccn3)cc2F)CC1. The Hall–Kier alpha value is -2.98. The lowest BCUT2D eigenvalue weighted by Gasteiger charge is -2.35. The molecule has 1 aromatic carbocycles. The summed E-state index contributed by atoms with van der Waals surface area (Å²) in [5.74, 6) is -0.689. The van der Waals surface area contributed by atoms with Gasteiger partial charge >= 0.3 is 0 Å². The van der Waals surface area contributed by atoms with E-state index >= 15 is 0 Å². The van der Waals surface area contributed by atoms with Crippen LogP contribution in [0.3, 0.4) is 0 Å². The molecule has 1 saturated heterocycles. The van der Waals surface area contributed by atoms with Crippen LogP contribution in [0.25, 0.3) is 0 Å². The number of hydrogen-bond donors (Lipinski definition) is 0. The van der Waals surface area contributed by atoms with Crippen molar-refractivity contribution < 1.29 is 9.18 Å². The summed E-state index contributed by atoms with van der Waals surface area (Å²) in [4.78, 5) is 23.1. The van der Waals surface area contributed by atoms with Crippen LogP contribution in [0.15, 0.2) is 42.6 Å². The summed E-state index contributed by atoms with van der Waals surface area (Å²) in [5, 5.41) is 8.92. The minimum Gasteiger partial charge on any atom is -0.367 e. The number of nitriles is 1. The van der Waals surface area contributed by atoms with Crippen molar-refractivity contribution in [3.63, 3.8) is 0 Å². The lowest BCUT2D eigenvalue weighted by Crippen LogP contribution is -2.46. The zero-order valence-electron chi connectivity index (χ0n) is 16.7. The second kappa shape index (κ2) is 9.99. The number of likely N-dealkylation sites (N-methyl/N-ethyl adjacent to an activating group) is 1. The molecule has 0 aliphatic carbocycles. The normalized spacial score (nSPS) is 14.4. The van der Waals surface area contributed by atoms with Gasteiger partial charge in [0.25, 0.3) is 5.91 Å². The molecule has 0 N–H and O–H groups in total. The van der Waals surface area contributed by atoms with Crippen LogP contribution in [-0.4, -0.2) is 60.0 Å². The third-order valence-electron chi connectivity index (χ3n) is 5.21. The molecule has 0 spiro atoms. The minimum absolute atomic E-state index is 0.209. The number of hydrogen-bond acceptors (Lipinski definition) is 5. The maximum absolute atomic E-state index is 14.8. The summed E-state index contributed by atoms with van der Waals surface area (Å²) in [6.07, 6.45) is 1.87. The van der Waals surface area contributed by atoms with Gasteiger partial charge in [0.2, 0.25) is 0 Å². The van der Waals surface area contributed by atoms with Crippen LogP contribution in [0.1, 0.15) is 29.4 Å². The van der Waals surface area contributed by atoms with Gasteiger partial charge in [0.05, 0.1) is 30.4 Å². The number of carbonyl (C=O) groups excluding carboxylic acids is 1. The van der Waals surface area contributed by atoms with Crippen molar-refractivity contribution in [3.8, 4) is 6.07 Å². The van der Waals surface area contributed by atoms with Gasteiger partial charge in [0.15, 0.2) is 0 Å². The summed E-state index contributed by atoms with van der Waals surface area (Å²) >= 11 is 0. The Bertz CT molecular complexity index is 859. The number of amides is 1. The minimum atomic E-state index is -0.390. The first-order valence-electron chi connectivity index (χ1n) is 9.95. The fourth-order valence-corrected chi connectivity index (χ4v) is 3.51. The van der Waals surface area contributed by atoms with E-state index in [-0.39, 0.29) is 36.8 Å². The van der Waals surface area contributed by atoms with Crippen molar-refractivity contribution in [1.82, 2.24) is 14.8 Å². The van der Waals surface area contributed by atoms with Crippen molar-refractivity contribution in [3.05, 3.63) is 59.7 Å². The zero-order chi connectivity index (χ0) is 20.6. The molecule has 0 unspecified atom stereocenters. The molecule has 7 heteroatoms. The Morgan fingerprint density at radius 2 is 2.03 bits per heavy atom. The average molecular weight is 395 g/mol. The predicted octanol–water partition coefficient (Wildman–Crippen LogP) is 2.92. The number of anilines is 1. The van der Waals surface area contributed by atoms with Crippen molar-refractivity contribution in [2.75, 3.05) is 44.2 Å². The molecule has 0 bridgehead atoms. The standard InChI is InChI=1S/C22H26FN5O/c1-2-26-12-14-27(15-13-26)21-8-7-18(16-20(21)23)22(29)28(11-5-9-24)17-19-6-3-4-10-25-19/h3-4,6-8,10,16H,2,5,11-15,17H2,1H3. The molecule has 1 aromatic heterocycles. The third-order valence-corrected chi connectivity index (χ3v) is 5.21. The number of pyridine rings is 1. The van der Waals surface area contributed by atoms with Gasteiger partial charge in [0, 0.05) is 44.5 Å². The highest BCUT2D eigenvalue weighted by atomic mass is 19.1. The van der Waals surface area contributed by atoms with Crippen LogP contribution in [0.4, 0.5) is 10.1 Å². The molecule has 0 radical (unpaired) electrons. The number of halogens is 1. The van der Waals surface area contributed by atoms with E-state index < -0.39 is 0 Å². The van der Waals surface area contributed by atoms with E-state index in [4.69, 9.17) is 5.26 Å². The highest BCUT2D eigenvalue weighted by Crippen LogP contribution is 2.23. The van der Waals surface area contributed by atoms with Crippen LogP contribution in [0.5, 0.6) is 0 Å². The number of piperazine rings is 1. The monoisotopic (exact) mass is 395 g/mol. The van der Waals surface area contributed by atoms with Gasteiger partial charge in [-0.15, -0.1) is 0 Å². The molecule has 0 atom stereocenters. The van der Waals surface area contributed by atoms with E-state index in [9.17, 15) is 9.18 Å². The number of aromatic nitrogens is 1. The van der Waals surface area contributed by atoms with Crippen molar-refractivity contribution in [1.29, 1.82) is 5.26 Å². The van der Waals surface area contributed by atoms with Crippen LogP contribution in [-0.2, 0) is 6.54 Å². The number of carbonyl (C=O) groups is 1. The lowest BCUT2D eigenvalue weighted by molar-refractivity contribution is 0.0744. The maximum Gasteiger partial charge on any atom is 0.254 e. The molecule has 0 saturated carbocycles. The second-order valence-corrected chi connectivity index (χ2v) is 7.04. The van der Waals surface area contributed by atoms with Gasteiger partial charge in [-0.1, -0.05) is 13.0 Å². The third kappa shape index (κ3) is 5.30. The summed E-state index contributed by atoms with van der Waals surface area (Å²) in [6.45, 7) is 7.03. The molecule has 3 rings (SSSR count). The fourth-order valence-electron chi connectivity index (χ4n) is 3.51. The molecule has 2 heterocycles. The first-order chi connectivity index (χ1) is 14.1. The van der Waals surface area contributed by atoms with E-state index in [1.54, 1.807) is 29.3 Å². The smallest absolute Gasteiger partial charge is 0.254 e. The van der Waals surface area contributed by atoms with E-state index in [0.29, 0.717) is 5.69 Å². The van der Waals surface area contributed by atoms with Crippen LogP contribution >= 0.6 is 0 Å². The van der Waals surface area contributed by atoms with E-state index in [0.717, 1.165) is 38.4 Å². The maximum atomic E-state index is 14.8. The molecule has 1 fully saturated rings. The largest absolute Gasteiger partial charge is 0.367 e. The van der Waals surface area contributed by atoms with Crippen LogP contribution < -0.4 is 4.90 Å². The van der Waals surface area contributed by atoms with Crippen molar-refractivity contribution >= 4 is 11.6 Å². The summed E-state index contributed by atoms with van der Waals surface area (Å²) in [7, 11) is 0. The summed E-state index contributed by atoms with van der Waals surface area (Å²) in [6, 6.07) is 12.2. The molecule has 2 aromatic rings. The fraction of sp³-hybridized carbons (Fsp3) is 0.409. The van der Waals surface area contributed by atoms with E-state index in [2.05, 4.69) is 22.9 Å². The lowest BCUT2D eigenvalue weighted by atomic mass is 10.1. The molecule has 6 nitrogen and oxygen atoms in total. The molecule has 1 aliphatic rings. The van der Waals surface area contributed by atoms with Crippen LogP contribution in [0.2, 0.25) is 0 Å². The second-order valence-electron chi connectivity index (χ2n) is 7.04. The molecule has 29 heavy (non-hydrogen) atoms. The number of benzene rings is 1. The molecular weight excluding hydrogens is 369 g/mol. The van der Waals surface area contributed by atoms with Gasteiger partial charge < -0.3 is 14.7 Å². The van der Waals surface area contributed by atoms with Crippen molar-refractivity contribution in [2.24, 2.45) is 0 Å². The van der Waals surface area contributed by atoms with Crippen LogP contribution in [0, 0.1) is 17.1 Å². The Labute approximate surface area is 171 Å². The van der Waals surface area contributed by atoms with Crippen molar-refractivity contribution in [2.45, 2.75) is 19.9 Å². The van der Waals surface area contributed by atoms with Gasteiger partial charge in [-0.3, -0.25) is 9.78 Å². The quantitative estimate of drug-likeness (QED) is 0.721. The highest BCUT2D eigenvalue weighted by Gasteiger charge is 2.21. The van der Waals surface area contributed by atoms with E-state index in [1.165, 1.54) is 6.07 Å². The van der Waals surface area contributed by atoms with Gasteiger partial charge in [-0.2, -0.15) is 5.26 Å². The first-order valence-corrected chi connectivity index (χ1v) is 9.95. The summed E-state index contributed by atoms with van der Waals surface area (Å²) in [5.41, 5.74) is 1.54. The average Bonchev–Trinajstić information content (AvgIpc) is 2.77. The topological polar surface area (TPSA) is 63.5 Å². The number of rotatable bonds is 7. The summed E-state index contributed by atoms with van der Waals surface area (Å²) < 4.78 is 14.8. The zero-order valence-corrected chi connectivity index (χ0v) is 16.7. The Morgan fingerprint density at radius 1 is 1.24 bits per heavy atom. The molecule has 1 amide bonds. The Balaban J connectivity index is 1.74. The van der Waals surface area contributed by atoms with Gasteiger partial charge in [0.1, 0.15) is 5.82 Å². The molecule has 1 aliphatic heterocycles. The molecule has 152 valence electrons. The van der Waals surface area contributed by atoms with E-state index in [1.807, 2.05) is 17.0 Å².